The van der Waals surface area contributed by atoms with Gasteiger partial charge in [-0.1, -0.05) is 39.8 Å². The summed E-state index contributed by atoms with van der Waals surface area (Å²) in [6.07, 6.45) is 6.01. The van der Waals surface area contributed by atoms with E-state index in [1.54, 1.807) is 0 Å². The maximum atomic E-state index is 2.39. The molecule has 0 saturated heterocycles. The van der Waals surface area contributed by atoms with Gasteiger partial charge in [0.1, 0.15) is 0 Å². The first kappa shape index (κ1) is 8.83. The predicted octanol–water partition coefficient (Wildman–Crippen LogP) is 3.49. The Hall–Kier alpha value is -0.260. The number of allylic oxidation sites excluding steroid dienone is 2. The average molecular weight is 152 g/mol. The van der Waals surface area contributed by atoms with Crippen molar-refractivity contribution in [1.29, 1.82) is 0 Å². The lowest BCUT2D eigenvalue weighted by Crippen LogP contribution is -2.18. The Morgan fingerprint density at radius 2 is 1.64 bits per heavy atom. The van der Waals surface area contributed by atoms with Gasteiger partial charge in [-0.3, -0.25) is 0 Å². The molecule has 1 rings (SSSR count). The van der Waals surface area contributed by atoms with E-state index in [1.165, 1.54) is 6.42 Å². The highest BCUT2D eigenvalue weighted by Gasteiger charge is 2.23. The van der Waals surface area contributed by atoms with Gasteiger partial charge in [-0.25, -0.2) is 0 Å². The summed E-state index contributed by atoms with van der Waals surface area (Å²) in [5.74, 6) is 3.37. The average Bonchev–Trinajstić information content (AvgIpc) is 2.07. The summed E-state index contributed by atoms with van der Waals surface area (Å²) in [5.41, 5.74) is 0. The second-order valence-corrected chi connectivity index (χ2v) is 4.22. The van der Waals surface area contributed by atoms with Crippen molar-refractivity contribution in [3.05, 3.63) is 12.2 Å². The number of rotatable bonds is 0. The molecule has 0 aliphatic heterocycles. The van der Waals surface area contributed by atoms with Gasteiger partial charge in [-0.05, 0) is 30.1 Å². The Kier molecular flexibility index (Phi) is 2.75. The van der Waals surface area contributed by atoms with Crippen molar-refractivity contribution in [3.8, 4) is 0 Å². The van der Waals surface area contributed by atoms with Crippen molar-refractivity contribution in [3.63, 3.8) is 0 Å². The van der Waals surface area contributed by atoms with E-state index in [2.05, 4.69) is 39.8 Å². The predicted molar refractivity (Wildman–Crippen MR) is 50.4 cm³/mol. The lowest BCUT2D eigenvalue weighted by Gasteiger charge is -2.26. The molecule has 0 radical (unpaired) electrons. The van der Waals surface area contributed by atoms with Gasteiger partial charge in [-0.2, -0.15) is 0 Å². The van der Waals surface area contributed by atoms with E-state index < -0.39 is 0 Å². The van der Waals surface area contributed by atoms with Crippen LogP contribution in [0, 0.1) is 23.7 Å². The fourth-order valence-corrected chi connectivity index (χ4v) is 1.89. The molecule has 0 fully saturated rings. The molecule has 0 N–H and O–H groups in total. The standard InChI is InChI=1S/C11H20/c1-8-6-5-7-9(2)11(4)10(8)3/h5-6,8-11H,7H2,1-4H3. The zero-order valence-corrected chi connectivity index (χ0v) is 8.17. The Morgan fingerprint density at radius 3 is 2.27 bits per heavy atom. The highest BCUT2D eigenvalue weighted by atomic mass is 14.3. The molecule has 0 amide bonds. The van der Waals surface area contributed by atoms with Crippen molar-refractivity contribution >= 4 is 0 Å². The molecule has 0 spiro atoms. The fourth-order valence-electron chi connectivity index (χ4n) is 1.89. The number of hydrogen-bond donors (Lipinski definition) is 0. The minimum atomic E-state index is 0.773. The van der Waals surface area contributed by atoms with E-state index in [0.717, 1.165) is 23.7 Å². The van der Waals surface area contributed by atoms with Crippen LogP contribution in [0.5, 0.6) is 0 Å². The summed E-state index contributed by atoms with van der Waals surface area (Å²) in [4.78, 5) is 0. The van der Waals surface area contributed by atoms with E-state index >= 15 is 0 Å². The van der Waals surface area contributed by atoms with E-state index in [9.17, 15) is 0 Å². The molecule has 1 aliphatic carbocycles. The topological polar surface area (TPSA) is 0 Å². The summed E-state index contributed by atoms with van der Waals surface area (Å²) >= 11 is 0. The lowest BCUT2D eigenvalue weighted by atomic mass is 9.80. The van der Waals surface area contributed by atoms with Crippen LogP contribution < -0.4 is 0 Å². The zero-order chi connectivity index (χ0) is 8.43. The van der Waals surface area contributed by atoms with Crippen molar-refractivity contribution < 1.29 is 0 Å². The van der Waals surface area contributed by atoms with Gasteiger partial charge < -0.3 is 0 Å². The molecule has 0 aromatic rings. The Bertz CT molecular complexity index is 146. The van der Waals surface area contributed by atoms with Crippen LogP contribution in [-0.2, 0) is 0 Å². The molecule has 0 aromatic carbocycles. The molecular weight excluding hydrogens is 132 g/mol. The van der Waals surface area contributed by atoms with Crippen LogP contribution in [0.15, 0.2) is 12.2 Å². The molecule has 0 bridgehead atoms. The minimum Gasteiger partial charge on any atom is -0.0880 e. The van der Waals surface area contributed by atoms with Gasteiger partial charge in [0.15, 0.2) is 0 Å². The molecule has 0 heterocycles. The van der Waals surface area contributed by atoms with E-state index in [4.69, 9.17) is 0 Å². The second kappa shape index (κ2) is 3.42. The van der Waals surface area contributed by atoms with Crippen molar-refractivity contribution in [2.75, 3.05) is 0 Å². The maximum Gasteiger partial charge on any atom is -0.0234 e. The van der Waals surface area contributed by atoms with Gasteiger partial charge in [0, 0.05) is 0 Å². The van der Waals surface area contributed by atoms with Crippen LogP contribution >= 0.6 is 0 Å². The molecule has 4 unspecified atom stereocenters. The molecule has 0 aromatic heterocycles. The summed E-state index contributed by atoms with van der Waals surface area (Å²) in [6, 6.07) is 0. The van der Waals surface area contributed by atoms with E-state index in [-0.39, 0.29) is 0 Å². The summed E-state index contributed by atoms with van der Waals surface area (Å²) < 4.78 is 0. The van der Waals surface area contributed by atoms with Crippen LogP contribution in [0.4, 0.5) is 0 Å². The third-order valence-electron chi connectivity index (χ3n) is 3.50. The minimum absolute atomic E-state index is 0.773. The van der Waals surface area contributed by atoms with E-state index in [0.29, 0.717) is 0 Å². The van der Waals surface area contributed by atoms with Gasteiger partial charge in [-0.15, -0.1) is 0 Å². The highest BCUT2D eigenvalue weighted by Crippen LogP contribution is 2.32. The van der Waals surface area contributed by atoms with Gasteiger partial charge in [0.2, 0.25) is 0 Å². The fraction of sp³-hybridized carbons (Fsp3) is 0.818. The van der Waals surface area contributed by atoms with Crippen molar-refractivity contribution in [2.24, 2.45) is 23.7 Å². The normalized spacial score (nSPS) is 45.5. The van der Waals surface area contributed by atoms with Crippen molar-refractivity contribution in [1.82, 2.24) is 0 Å². The molecule has 0 heteroatoms. The lowest BCUT2D eigenvalue weighted by molar-refractivity contribution is 0.249. The molecule has 0 saturated carbocycles. The summed E-state index contributed by atoms with van der Waals surface area (Å²) in [7, 11) is 0. The smallest absolute Gasteiger partial charge is 0.0234 e. The Morgan fingerprint density at radius 1 is 1.00 bits per heavy atom. The molecule has 4 atom stereocenters. The first-order valence-corrected chi connectivity index (χ1v) is 4.79. The highest BCUT2D eigenvalue weighted by molar-refractivity contribution is 4.95. The molecule has 0 nitrogen and oxygen atoms in total. The van der Waals surface area contributed by atoms with Crippen LogP contribution in [0.1, 0.15) is 34.1 Å². The third-order valence-corrected chi connectivity index (χ3v) is 3.50. The van der Waals surface area contributed by atoms with Gasteiger partial charge in [0.25, 0.3) is 0 Å². The quantitative estimate of drug-likeness (QED) is 0.466. The van der Waals surface area contributed by atoms with Crippen LogP contribution in [0.3, 0.4) is 0 Å². The van der Waals surface area contributed by atoms with Crippen LogP contribution in [-0.4, -0.2) is 0 Å². The zero-order valence-electron chi connectivity index (χ0n) is 8.17. The van der Waals surface area contributed by atoms with Gasteiger partial charge >= 0.3 is 0 Å². The SMILES string of the molecule is CC1C=CCC(C)C(C)C1C. The first-order chi connectivity index (χ1) is 5.13. The van der Waals surface area contributed by atoms with Crippen molar-refractivity contribution in [2.45, 2.75) is 34.1 Å². The maximum absolute atomic E-state index is 2.39. The summed E-state index contributed by atoms with van der Waals surface area (Å²) in [5, 5.41) is 0. The molecule has 1 aliphatic rings. The summed E-state index contributed by atoms with van der Waals surface area (Å²) in [6.45, 7) is 9.46. The van der Waals surface area contributed by atoms with Crippen LogP contribution in [0.2, 0.25) is 0 Å². The molecule has 64 valence electrons. The second-order valence-electron chi connectivity index (χ2n) is 4.22. The van der Waals surface area contributed by atoms with E-state index in [1.807, 2.05) is 0 Å². The molecule has 11 heavy (non-hydrogen) atoms. The first-order valence-electron chi connectivity index (χ1n) is 4.79. The molecular formula is C11H20. The van der Waals surface area contributed by atoms with Gasteiger partial charge in [0.05, 0.1) is 0 Å². The third kappa shape index (κ3) is 1.85. The Labute approximate surface area is 70.7 Å². The largest absolute Gasteiger partial charge is 0.0880 e. The number of hydrogen-bond acceptors (Lipinski definition) is 0. The monoisotopic (exact) mass is 152 g/mol. The Balaban J connectivity index is 2.68. The van der Waals surface area contributed by atoms with Crippen LogP contribution in [0.25, 0.3) is 0 Å².